The smallest absolute Gasteiger partial charge is 0.416 e. The number of nitrogens with zero attached hydrogens (tertiary/aromatic N) is 2. The Morgan fingerprint density at radius 2 is 1.74 bits per heavy atom. The Morgan fingerprint density at radius 1 is 1.00 bits per heavy atom. The quantitative estimate of drug-likeness (QED) is 0.384. The van der Waals surface area contributed by atoms with Gasteiger partial charge in [-0.15, -0.1) is 0 Å². The Labute approximate surface area is 221 Å². The molecule has 0 aromatic heterocycles. The van der Waals surface area contributed by atoms with Gasteiger partial charge in [-0.3, -0.25) is 9.10 Å². The van der Waals surface area contributed by atoms with Crippen LogP contribution in [-0.4, -0.2) is 45.0 Å². The van der Waals surface area contributed by atoms with Gasteiger partial charge in [0, 0.05) is 25.6 Å². The number of carbonyl (C=O) groups excluding carboxylic acids is 1. The van der Waals surface area contributed by atoms with E-state index < -0.39 is 44.4 Å². The number of benzene rings is 3. The minimum atomic E-state index is -4.76. The lowest BCUT2D eigenvalue weighted by Gasteiger charge is -2.42. The van der Waals surface area contributed by atoms with Crippen molar-refractivity contribution < 1.29 is 39.9 Å². The molecule has 2 aliphatic heterocycles. The van der Waals surface area contributed by atoms with E-state index in [0.717, 1.165) is 40.7 Å². The van der Waals surface area contributed by atoms with E-state index in [1.54, 1.807) is 4.90 Å². The van der Waals surface area contributed by atoms with E-state index in [0.29, 0.717) is 25.6 Å². The third-order valence-electron chi connectivity index (χ3n) is 6.88. The van der Waals surface area contributed by atoms with Gasteiger partial charge in [-0.05, 0) is 66.4 Å². The zero-order valence-corrected chi connectivity index (χ0v) is 21.4. The first-order valence-corrected chi connectivity index (χ1v) is 13.5. The molecule has 0 aliphatic carbocycles. The summed E-state index contributed by atoms with van der Waals surface area (Å²) >= 11 is 0. The van der Waals surface area contributed by atoms with Crippen LogP contribution in [0.4, 0.5) is 27.6 Å². The van der Waals surface area contributed by atoms with Crippen molar-refractivity contribution in [2.24, 2.45) is 5.92 Å². The molecule has 39 heavy (non-hydrogen) atoms. The van der Waals surface area contributed by atoms with E-state index in [2.05, 4.69) is 0 Å². The van der Waals surface area contributed by atoms with Crippen LogP contribution in [0.15, 0.2) is 65.6 Å². The van der Waals surface area contributed by atoms with Crippen molar-refractivity contribution in [3.8, 4) is 16.9 Å². The molecular formula is C27H23F5N2O4S. The summed E-state index contributed by atoms with van der Waals surface area (Å²) in [5, 5.41) is 0. The van der Waals surface area contributed by atoms with Crippen LogP contribution in [0.2, 0.25) is 0 Å². The van der Waals surface area contributed by atoms with Crippen molar-refractivity contribution in [2.75, 3.05) is 23.9 Å². The summed E-state index contributed by atoms with van der Waals surface area (Å²) in [5.74, 6) is -1.33. The molecule has 6 nitrogen and oxygen atoms in total. The zero-order valence-electron chi connectivity index (χ0n) is 20.6. The number of amides is 1. The molecule has 0 saturated carbocycles. The fourth-order valence-electron chi connectivity index (χ4n) is 4.86. The Kier molecular flexibility index (Phi) is 6.78. The van der Waals surface area contributed by atoms with Gasteiger partial charge in [-0.25, -0.2) is 17.2 Å². The van der Waals surface area contributed by atoms with Gasteiger partial charge in [-0.1, -0.05) is 12.1 Å². The highest BCUT2D eigenvalue weighted by Crippen LogP contribution is 2.42. The standard InChI is InChI=1S/C27H23F5N2O4S/c1-16(35)33-13-17(14-33)9-21-15-34(39(36,37)22-4-2-3-19(11-22)27(30,31)32)25-10-18(5-8-26(25)38-21)23-12-20(28)6-7-24(23)29/h2-8,10-12,17,21H,9,13-15H2,1H3. The number of halogens is 5. The van der Waals surface area contributed by atoms with Gasteiger partial charge < -0.3 is 9.64 Å². The third kappa shape index (κ3) is 5.29. The number of hydrogen-bond acceptors (Lipinski definition) is 4. The second kappa shape index (κ2) is 9.82. The van der Waals surface area contributed by atoms with Gasteiger partial charge >= 0.3 is 6.18 Å². The van der Waals surface area contributed by atoms with Crippen LogP contribution in [0.3, 0.4) is 0 Å². The average Bonchev–Trinajstić information content (AvgIpc) is 2.86. The predicted octanol–water partition coefficient (Wildman–Crippen LogP) is 5.48. The molecule has 5 rings (SSSR count). The maximum Gasteiger partial charge on any atom is 0.416 e. The van der Waals surface area contributed by atoms with E-state index in [1.165, 1.54) is 25.1 Å². The van der Waals surface area contributed by atoms with Crippen molar-refractivity contribution in [1.29, 1.82) is 0 Å². The van der Waals surface area contributed by atoms with Gasteiger partial charge in [-0.2, -0.15) is 13.2 Å². The van der Waals surface area contributed by atoms with E-state index in [-0.39, 0.29) is 40.9 Å². The van der Waals surface area contributed by atoms with Crippen LogP contribution >= 0.6 is 0 Å². The van der Waals surface area contributed by atoms with Gasteiger partial charge in [0.15, 0.2) is 0 Å². The monoisotopic (exact) mass is 566 g/mol. The Hall–Kier alpha value is -3.67. The highest BCUT2D eigenvalue weighted by Gasteiger charge is 2.39. The topological polar surface area (TPSA) is 66.9 Å². The van der Waals surface area contributed by atoms with Crippen LogP contribution in [-0.2, 0) is 21.0 Å². The first-order valence-electron chi connectivity index (χ1n) is 12.0. The molecule has 12 heteroatoms. The molecule has 2 aliphatic rings. The molecular weight excluding hydrogens is 543 g/mol. The summed E-state index contributed by atoms with van der Waals surface area (Å²) in [6.45, 7) is 2.20. The highest BCUT2D eigenvalue weighted by atomic mass is 32.2. The van der Waals surface area contributed by atoms with Crippen molar-refractivity contribution in [3.63, 3.8) is 0 Å². The molecule has 1 amide bonds. The fourth-order valence-corrected chi connectivity index (χ4v) is 6.40. The molecule has 1 atom stereocenters. The Balaban J connectivity index is 1.55. The molecule has 0 bridgehead atoms. The third-order valence-corrected chi connectivity index (χ3v) is 8.65. The van der Waals surface area contributed by atoms with Crippen LogP contribution < -0.4 is 9.04 Å². The lowest BCUT2D eigenvalue weighted by molar-refractivity contribution is -0.138. The average molecular weight is 567 g/mol. The first-order chi connectivity index (χ1) is 18.3. The number of likely N-dealkylation sites (tertiary alicyclic amines) is 1. The van der Waals surface area contributed by atoms with Gasteiger partial charge in [0.05, 0.1) is 22.7 Å². The van der Waals surface area contributed by atoms with Crippen LogP contribution in [0.25, 0.3) is 11.1 Å². The lowest BCUT2D eigenvalue weighted by Crippen LogP contribution is -2.52. The lowest BCUT2D eigenvalue weighted by atomic mass is 9.92. The maximum atomic E-state index is 14.5. The highest BCUT2D eigenvalue weighted by molar-refractivity contribution is 7.92. The summed E-state index contributed by atoms with van der Waals surface area (Å²) in [6, 6.07) is 10.5. The molecule has 2 heterocycles. The number of rotatable bonds is 5. The van der Waals surface area contributed by atoms with Crippen LogP contribution in [0.1, 0.15) is 18.9 Å². The van der Waals surface area contributed by atoms with Gasteiger partial charge in [0.25, 0.3) is 10.0 Å². The van der Waals surface area contributed by atoms with Crippen molar-refractivity contribution in [1.82, 2.24) is 4.90 Å². The summed E-state index contributed by atoms with van der Waals surface area (Å²) in [6.07, 6.45) is -5.02. The summed E-state index contributed by atoms with van der Waals surface area (Å²) < 4.78 is 103. The van der Waals surface area contributed by atoms with E-state index in [9.17, 15) is 35.2 Å². The predicted molar refractivity (Wildman–Crippen MR) is 133 cm³/mol. The minimum Gasteiger partial charge on any atom is -0.486 e. The zero-order chi connectivity index (χ0) is 28.1. The Bertz CT molecular complexity index is 1540. The fraction of sp³-hybridized carbons (Fsp3) is 0.296. The van der Waals surface area contributed by atoms with E-state index >= 15 is 0 Å². The number of carbonyl (C=O) groups is 1. The second-order valence-corrected chi connectivity index (χ2v) is 11.5. The van der Waals surface area contributed by atoms with Gasteiger partial charge in [0.2, 0.25) is 5.91 Å². The number of alkyl halides is 3. The largest absolute Gasteiger partial charge is 0.486 e. The Morgan fingerprint density at radius 3 is 2.44 bits per heavy atom. The van der Waals surface area contributed by atoms with Crippen LogP contribution in [0, 0.1) is 17.6 Å². The molecule has 1 unspecified atom stereocenters. The maximum absolute atomic E-state index is 14.5. The summed E-state index contributed by atoms with van der Waals surface area (Å²) in [7, 11) is -4.54. The first kappa shape index (κ1) is 26.9. The normalized spacial score (nSPS) is 17.8. The van der Waals surface area contributed by atoms with Crippen molar-refractivity contribution in [2.45, 2.75) is 30.5 Å². The van der Waals surface area contributed by atoms with Crippen molar-refractivity contribution >= 4 is 21.6 Å². The van der Waals surface area contributed by atoms with E-state index in [1.807, 2.05) is 0 Å². The SMILES string of the molecule is CC(=O)N1CC(CC2CN(S(=O)(=O)c3cccc(C(F)(F)F)c3)c3cc(-c4cc(F)ccc4F)ccc3O2)C1. The second-order valence-electron chi connectivity index (χ2n) is 9.63. The minimum absolute atomic E-state index is 0.0104. The summed E-state index contributed by atoms with van der Waals surface area (Å²) in [5.41, 5.74) is -1.09. The molecule has 0 spiro atoms. The summed E-state index contributed by atoms with van der Waals surface area (Å²) in [4.78, 5) is 12.6. The number of ether oxygens (including phenoxy) is 1. The van der Waals surface area contributed by atoms with Crippen molar-refractivity contribution in [3.05, 3.63) is 77.9 Å². The van der Waals surface area contributed by atoms with Gasteiger partial charge in [0.1, 0.15) is 23.5 Å². The number of anilines is 1. The molecule has 206 valence electrons. The van der Waals surface area contributed by atoms with E-state index in [4.69, 9.17) is 4.74 Å². The molecule has 3 aromatic rings. The number of sulfonamides is 1. The number of hydrogen-bond donors (Lipinski definition) is 0. The molecule has 0 N–H and O–H groups in total. The number of fused-ring (bicyclic) bond motifs is 1. The molecule has 0 radical (unpaired) electrons. The molecule has 3 aromatic carbocycles. The molecule has 1 saturated heterocycles. The van der Waals surface area contributed by atoms with Crippen LogP contribution in [0.5, 0.6) is 5.75 Å². The molecule has 1 fully saturated rings.